The Bertz CT molecular complexity index is 1270. The molecule has 1 aliphatic rings. The molecule has 2 amide bonds. The van der Waals surface area contributed by atoms with E-state index in [2.05, 4.69) is 38.5 Å². The Morgan fingerprint density at radius 2 is 1.79 bits per heavy atom. The normalized spacial score (nSPS) is 14.9. The second-order valence-corrected chi connectivity index (χ2v) is 11.0. The van der Waals surface area contributed by atoms with Crippen molar-refractivity contribution in [1.29, 1.82) is 0 Å². The SMILES string of the molecule is O=C1S/C(=C/c2ccc(OCc3ccc(Cl)cc3Cl)c(Br)c2)C(=O)N1Cc1ccc(I)cc1. The number of ether oxygens (including phenoxy) is 1. The van der Waals surface area contributed by atoms with E-state index in [-0.39, 0.29) is 24.3 Å². The molecule has 0 aromatic heterocycles. The summed E-state index contributed by atoms with van der Waals surface area (Å²) in [5.41, 5.74) is 2.50. The number of thioether (sulfide) groups is 1. The molecule has 4 nitrogen and oxygen atoms in total. The third-order valence-electron chi connectivity index (χ3n) is 4.78. The van der Waals surface area contributed by atoms with Crippen LogP contribution in [-0.2, 0) is 17.9 Å². The summed E-state index contributed by atoms with van der Waals surface area (Å²) in [6, 6.07) is 18.5. The fourth-order valence-electron chi connectivity index (χ4n) is 3.08. The first-order valence-electron chi connectivity index (χ1n) is 9.66. The number of nitrogens with zero attached hydrogens (tertiary/aromatic N) is 1. The van der Waals surface area contributed by atoms with Gasteiger partial charge in [0.2, 0.25) is 0 Å². The molecule has 0 unspecified atom stereocenters. The molecule has 168 valence electrons. The van der Waals surface area contributed by atoms with Crippen LogP contribution in [0.3, 0.4) is 0 Å². The Hall–Kier alpha value is -1.52. The summed E-state index contributed by atoms with van der Waals surface area (Å²) in [4.78, 5) is 26.9. The zero-order valence-corrected chi connectivity index (χ0v) is 22.9. The molecule has 0 bridgehead atoms. The molecule has 9 heteroatoms. The predicted octanol–water partition coefficient (Wildman–Crippen LogP) is 8.18. The second kappa shape index (κ2) is 10.8. The topological polar surface area (TPSA) is 46.6 Å². The number of benzene rings is 3. The molecular weight excluding hydrogens is 660 g/mol. The number of halogens is 4. The molecule has 1 aliphatic heterocycles. The van der Waals surface area contributed by atoms with E-state index in [1.165, 1.54) is 4.90 Å². The summed E-state index contributed by atoms with van der Waals surface area (Å²) >= 11 is 18.8. The first-order chi connectivity index (χ1) is 15.8. The monoisotopic (exact) mass is 673 g/mol. The summed E-state index contributed by atoms with van der Waals surface area (Å²) in [7, 11) is 0. The van der Waals surface area contributed by atoms with Crippen molar-refractivity contribution in [3.05, 3.63) is 100 Å². The molecule has 4 rings (SSSR count). The molecule has 1 fully saturated rings. The van der Waals surface area contributed by atoms with Gasteiger partial charge in [-0.15, -0.1) is 0 Å². The zero-order valence-electron chi connectivity index (χ0n) is 16.9. The van der Waals surface area contributed by atoms with E-state index >= 15 is 0 Å². The molecule has 3 aromatic rings. The van der Waals surface area contributed by atoms with Gasteiger partial charge >= 0.3 is 0 Å². The van der Waals surface area contributed by atoms with Crippen molar-refractivity contribution in [3.63, 3.8) is 0 Å². The highest BCUT2D eigenvalue weighted by Gasteiger charge is 2.35. The van der Waals surface area contributed by atoms with Gasteiger partial charge in [0.25, 0.3) is 11.1 Å². The summed E-state index contributed by atoms with van der Waals surface area (Å²) < 4.78 is 7.69. The second-order valence-electron chi connectivity index (χ2n) is 7.11. The van der Waals surface area contributed by atoms with Gasteiger partial charge in [-0.05, 0) is 104 Å². The van der Waals surface area contributed by atoms with E-state index in [1.54, 1.807) is 24.3 Å². The molecule has 0 spiro atoms. The Balaban J connectivity index is 1.45. The largest absolute Gasteiger partial charge is 0.488 e. The number of hydrogen-bond donors (Lipinski definition) is 0. The van der Waals surface area contributed by atoms with Crippen LogP contribution in [0.2, 0.25) is 10.0 Å². The molecule has 1 saturated heterocycles. The Labute approximate surface area is 227 Å². The summed E-state index contributed by atoms with van der Waals surface area (Å²) in [5.74, 6) is 0.336. The van der Waals surface area contributed by atoms with Gasteiger partial charge in [0.05, 0.1) is 15.9 Å². The lowest BCUT2D eigenvalue weighted by molar-refractivity contribution is -0.123. The van der Waals surface area contributed by atoms with Crippen LogP contribution in [0, 0.1) is 3.57 Å². The van der Waals surface area contributed by atoms with Gasteiger partial charge in [0, 0.05) is 19.2 Å². The maximum absolute atomic E-state index is 12.8. The standard InChI is InChI=1S/C24H15BrCl2INO3S/c25-19-9-15(3-8-21(19)32-13-16-4-5-17(26)11-20(16)27)10-22-23(30)29(24(31)33-22)12-14-1-6-18(28)7-2-14/h1-11H,12-13H2/b22-10+. The maximum atomic E-state index is 12.8. The minimum absolute atomic E-state index is 0.253. The highest BCUT2D eigenvalue weighted by Crippen LogP contribution is 2.35. The van der Waals surface area contributed by atoms with Gasteiger partial charge in [-0.3, -0.25) is 14.5 Å². The van der Waals surface area contributed by atoms with E-state index in [9.17, 15) is 9.59 Å². The van der Waals surface area contributed by atoms with E-state index in [0.717, 1.165) is 36.5 Å². The van der Waals surface area contributed by atoms with Gasteiger partial charge in [-0.25, -0.2) is 0 Å². The van der Waals surface area contributed by atoms with Crippen LogP contribution >= 0.6 is 73.5 Å². The van der Waals surface area contributed by atoms with Crippen molar-refractivity contribution in [2.45, 2.75) is 13.2 Å². The molecule has 33 heavy (non-hydrogen) atoms. The maximum Gasteiger partial charge on any atom is 0.293 e. The van der Waals surface area contributed by atoms with E-state index in [4.69, 9.17) is 27.9 Å². The van der Waals surface area contributed by atoms with Crippen LogP contribution in [0.15, 0.2) is 70.0 Å². The van der Waals surface area contributed by atoms with Crippen LogP contribution in [-0.4, -0.2) is 16.0 Å². The quantitative estimate of drug-likeness (QED) is 0.196. The first-order valence-corrected chi connectivity index (χ1v) is 13.1. The van der Waals surface area contributed by atoms with Crippen LogP contribution in [0.5, 0.6) is 5.75 Å². The number of imide groups is 1. The molecule has 1 heterocycles. The highest BCUT2D eigenvalue weighted by atomic mass is 127. The van der Waals surface area contributed by atoms with Crippen molar-refractivity contribution >= 4 is 90.7 Å². The number of rotatable bonds is 6. The smallest absolute Gasteiger partial charge is 0.293 e. The Kier molecular flexibility index (Phi) is 8.07. The van der Waals surface area contributed by atoms with Gasteiger partial charge in [0.15, 0.2) is 0 Å². The van der Waals surface area contributed by atoms with Gasteiger partial charge in [-0.1, -0.05) is 47.5 Å². The minimum atomic E-state index is -0.294. The summed E-state index contributed by atoms with van der Waals surface area (Å²) in [6.07, 6.45) is 1.71. The average molecular weight is 675 g/mol. The molecule has 0 radical (unpaired) electrons. The van der Waals surface area contributed by atoms with Gasteiger partial charge in [-0.2, -0.15) is 0 Å². The van der Waals surface area contributed by atoms with E-state index in [1.807, 2.05) is 42.5 Å². The highest BCUT2D eigenvalue weighted by molar-refractivity contribution is 14.1. The number of carbonyl (C=O) groups excluding carboxylic acids is 2. The number of hydrogen-bond acceptors (Lipinski definition) is 4. The van der Waals surface area contributed by atoms with Gasteiger partial charge < -0.3 is 4.74 Å². The fourth-order valence-corrected chi connectivity index (χ4v) is 5.25. The van der Waals surface area contributed by atoms with Crippen molar-refractivity contribution in [1.82, 2.24) is 4.90 Å². The number of carbonyl (C=O) groups is 2. The van der Waals surface area contributed by atoms with Crippen LogP contribution in [0.4, 0.5) is 4.79 Å². The lowest BCUT2D eigenvalue weighted by Gasteiger charge is -2.12. The Morgan fingerprint density at radius 1 is 1.03 bits per heavy atom. The lowest BCUT2D eigenvalue weighted by Crippen LogP contribution is -2.27. The van der Waals surface area contributed by atoms with Crippen LogP contribution in [0.25, 0.3) is 6.08 Å². The number of amides is 2. The van der Waals surface area contributed by atoms with Crippen molar-refractivity contribution < 1.29 is 14.3 Å². The third kappa shape index (κ3) is 6.14. The molecule has 0 aliphatic carbocycles. The van der Waals surface area contributed by atoms with Gasteiger partial charge in [0.1, 0.15) is 12.4 Å². The zero-order chi connectivity index (χ0) is 23.5. The van der Waals surface area contributed by atoms with Crippen molar-refractivity contribution in [2.24, 2.45) is 0 Å². The third-order valence-corrected chi connectivity index (χ3v) is 7.61. The predicted molar refractivity (Wildman–Crippen MR) is 146 cm³/mol. The molecule has 3 aromatic carbocycles. The van der Waals surface area contributed by atoms with E-state index in [0.29, 0.717) is 20.7 Å². The average Bonchev–Trinajstić information content (AvgIpc) is 3.03. The first kappa shape index (κ1) is 24.6. The van der Waals surface area contributed by atoms with E-state index < -0.39 is 0 Å². The molecule has 0 atom stereocenters. The molecule has 0 N–H and O–H groups in total. The fraction of sp³-hybridized carbons (Fsp3) is 0.0833. The molecular formula is C24H15BrCl2INO3S. The summed E-state index contributed by atoms with van der Waals surface area (Å²) in [6.45, 7) is 0.536. The minimum Gasteiger partial charge on any atom is -0.488 e. The van der Waals surface area contributed by atoms with Crippen LogP contribution in [0.1, 0.15) is 16.7 Å². The lowest BCUT2D eigenvalue weighted by atomic mass is 10.2. The summed E-state index contributed by atoms with van der Waals surface area (Å²) in [5, 5.41) is 0.831. The van der Waals surface area contributed by atoms with Crippen LogP contribution < -0.4 is 4.74 Å². The molecule has 0 saturated carbocycles. The van der Waals surface area contributed by atoms with Crippen molar-refractivity contribution in [2.75, 3.05) is 0 Å². The Morgan fingerprint density at radius 3 is 2.48 bits per heavy atom. The van der Waals surface area contributed by atoms with Crippen molar-refractivity contribution in [3.8, 4) is 5.75 Å².